The summed E-state index contributed by atoms with van der Waals surface area (Å²) < 4.78 is 5.10. The van der Waals surface area contributed by atoms with E-state index >= 15 is 0 Å². The van der Waals surface area contributed by atoms with Crippen molar-refractivity contribution in [1.82, 2.24) is 4.90 Å². The first-order chi connectivity index (χ1) is 10.2. The summed E-state index contributed by atoms with van der Waals surface area (Å²) in [6, 6.07) is 16.9. The van der Waals surface area contributed by atoms with Gasteiger partial charge in [-0.1, -0.05) is 41.9 Å². The Labute approximate surface area is 130 Å². The molecule has 0 aromatic heterocycles. The van der Waals surface area contributed by atoms with Gasteiger partial charge in [0.05, 0.1) is 6.61 Å². The molecular formula is C17H18ClNO2. The Morgan fingerprint density at radius 2 is 1.76 bits per heavy atom. The first kappa shape index (κ1) is 15.5. The van der Waals surface area contributed by atoms with Crippen LogP contribution in [0, 0.1) is 0 Å². The number of halogens is 1. The van der Waals surface area contributed by atoms with Gasteiger partial charge in [0, 0.05) is 30.8 Å². The van der Waals surface area contributed by atoms with Gasteiger partial charge >= 0.3 is 0 Å². The molecule has 0 N–H and O–H groups in total. The van der Waals surface area contributed by atoms with Crippen LogP contribution in [0.5, 0.6) is 0 Å². The molecule has 0 saturated heterocycles. The Hall–Kier alpha value is -1.84. The predicted octanol–water partition coefficient (Wildman–Crippen LogP) is 3.63. The molecule has 4 heteroatoms. The van der Waals surface area contributed by atoms with E-state index in [-0.39, 0.29) is 5.91 Å². The molecule has 110 valence electrons. The lowest BCUT2D eigenvalue weighted by atomic mass is 10.1. The quantitative estimate of drug-likeness (QED) is 0.815. The third-order valence-corrected chi connectivity index (χ3v) is 3.41. The molecule has 0 unspecified atom stereocenters. The minimum absolute atomic E-state index is 0.0208. The minimum atomic E-state index is -0.0208. The van der Waals surface area contributed by atoms with Gasteiger partial charge < -0.3 is 9.64 Å². The summed E-state index contributed by atoms with van der Waals surface area (Å²) in [5.41, 5.74) is 1.72. The Morgan fingerprint density at radius 3 is 2.38 bits per heavy atom. The number of amides is 1. The molecule has 0 atom stereocenters. The number of carbonyl (C=O) groups is 1. The highest BCUT2D eigenvalue weighted by molar-refractivity contribution is 6.30. The summed E-state index contributed by atoms with van der Waals surface area (Å²) >= 11 is 5.86. The molecule has 21 heavy (non-hydrogen) atoms. The van der Waals surface area contributed by atoms with Crippen molar-refractivity contribution >= 4 is 17.5 Å². The Balaban J connectivity index is 2.14. The van der Waals surface area contributed by atoms with Crippen LogP contribution in [0.4, 0.5) is 0 Å². The lowest BCUT2D eigenvalue weighted by molar-refractivity contribution is 0.0680. The molecule has 0 fully saturated rings. The lowest BCUT2D eigenvalue weighted by Gasteiger charge is -2.22. The average molecular weight is 304 g/mol. The fourth-order valence-corrected chi connectivity index (χ4v) is 2.16. The van der Waals surface area contributed by atoms with Crippen molar-refractivity contribution in [3.8, 4) is 0 Å². The normalized spacial score (nSPS) is 10.4. The van der Waals surface area contributed by atoms with Crippen LogP contribution < -0.4 is 0 Å². The van der Waals surface area contributed by atoms with Gasteiger partial charge in [0.1, 0.15) is 0 Å². The molecule has 3 nitrogen and oxygen atoms in total. The summed E-state index contributed by atoms with van der Waals surface area (Å²) in [4.78, 5) is 14.4. The second kappa shape index (κ2) is 7.81. The number of hydrogen-bond donors (Lipinski definition) is 0. The number of ether oxygens (including phenoxy) is 1. The summed E-state index contributed by atoms with van der Waals surface area (Å²) in [6.45, 7) is 1.62. The third kappa shape index (κ3) is 4.59. The van der Waals surface area contributed by atoms with Crippen LogP contribution in [0.2, 0.25) is 5.02 Å². The molecule has 0 saturated carbocycles. The number of hydrogen-bond acceptors (Lipinski definition) is 2. The molecule has 2 aromatic carbocycles. The Morgan fingerprint density at radius 1 is 1.10 bits per heavy atom. The number of benzene rings is 2. The summed E-state index contributed by atoms with van der Waals surface area (Å²) in [5.74, 6) is -0.0208. The monoisotopic (exact) mass is 303 g/mol. The smallest absolute Gasteiger partial charge is 0.254 e. The van der Waals surface area contributed by atoms with Gasteiger partial charge in [-0.05, 0) is 29.8 Å². The zero-order valence-corrected chi connectivity index (χ0v) is 12.7. The molecule has 0 aliphatic heterocycles. The highest BCUT2D eigenvalue weighted by Crippen LogP contribution is 2.13. The van der Waals surface area contributed by atoms with Crippen LogP contribution >= 0.6 is 11.6 Å². The molecule has 0 spiro atoms. The fraction of sp³-hybridized carbons (Fsp3) is 0.235. The number of methoxy groups -OCH3 is 1. The Kier molecular flexibility index (Phi) is 5.78. The van der Waals surface area contributed by atoms with Crippen molar-refractivity contribution in [3.63, 3.8) is 0 Å². The zero-order chi connectivity index (χ0) is 15.1. The minimum Gasteiger partial charge on any atom is -0.383 e. The van der Waals surface area contributed by atoms with E-state index in [0.717, 1.165) is 5.56 Å². The number of rotatable bonds is 6. The first-order valence-electron chi connectivity index (χ1n) is 6.78. The SMILES string of the molecule is COCCN(Cc1ccccc1)C(=O)c1ccc(Cl)cc1. The van der Waals surface area contributed by atoms with Crippen molar-refractivity contribution < 1.29 is 9.53 Å². The maximum Gasteiger partial charge on any atom is 0.254 e. The van der Waals surface area contributed by atoms with Crippen LogP contribution in [0.25, 0.3) is 0 Å². The van der Waals surface area contributed by atoms with Gasteiger partial charge in [-0.3, -0.25) is 4.79 Å². The van der Waals surface area contributed by atoms with Crippen LogP contribution in [-0.2, 0) is 11.3 Å². The molecule has 0 aliphatic rings. The van der Waals surface area contributed by atoms with Gasteiger partial charge in [-0.25, -0.2) is 0 Å². The highest BCUT2D eigenvalue weighted by atomic mass is 35.5. The molecule has 0 bridgehead atoms. The van der Waals surface area contributed by atoms with E-state index in [0.29, 0.717) is 30.3 Å². The molecule has 1 amide bonds. The average Bonchev–Trinajstić information content (AvgIpc) is 2.52. The number of nitrogens with zero attached hydrogens (tertiary/aromatic N) is 1. The van der Waals surface area contributed by atoms with Gasteiger partial charge in [-0.15, -0.1) is 0 Å². The lowest BCUT2D eigenvalue weighted by Crippen LogP contribution is -2.33. The van der Waals surface area contributed by atoms with Crippen molar-refractivity contribution in [2.45, 2.75) is 6.54 Å². The zero-order valence-electron chi connectivity index (χ0n) is 12.0. The summed E-state index contributed by atoms with van der Waals surface area (Å²) in [7, 11) is 1.63. The van der Waals surface area contributed by atoms with Gasteiger partial charge in [0.15, 0.2) is 0 Å². The maximum absolute atomic E-state index is 12.6. The predicted molar refractivity (Wildman–Crippen MR) is 84.5 cm³/mol. The highest BCUT2D eigenvalue weighted by Gasteiger charge is 2.15. The van der Waals surface area contributed by atoms with Crippen molar-refractivity contribution in [2.24, 2.45) is 0 Å². The van der Waals surface area contributed by atoms with Crippen molar-refractivity contribution in [2.75, 3.05) is 20.3 Å². The van der Waals surface area contributed by atoms with Gasteiger partial charge in [0.25, 0.3) is 5.91 Å². The van der Waals surface area contributed by atoms with E-state index in [1.165, 1.54) is 0 Å². The van der Waals surface area contributed by atoms with Crippen LogP contribution in [0.1, 0.15) is 15.9 Å². The molecule has 0 radical (unpaired) electrons. The van der Waals surface area contributed by atoms with Crippen LogP contribution in [-0.4, -0.2) is 31.1 Å². The van der Waals surface area contributed by atoms with Crippen molar-refractivity contribution in [1.29, 1.82) is 0 Å². The molecule has 2 rings (SSSR count). The van der Waals surface area contributed by atoms with Crippen molar-refractivity contribution in [3.05, 3.63) is 70.7 Å². The molecule has 0 aliphatic carbocycles. The molecular weight excluding hydrogens is 286 g/mol. The van der Waals surface area contributed by atoms with Gasteiger partial charge in [0.2, 0.25) is 0 Å². The van der Waals surface area contributed by atoms with E-state index in [4.69, 9.17) is 16.3 Å². The van der Waals surface area contributed by atoms with E-state index in [2.05, 4.69) is 0 Å². The van der Waals surface area contributed by atoms with Crippen LogP contribution in [0.3, 0.4) is 0 Å². The van der Waals surface area contributed by atoms with Crippen LogP contribution in [0.15, 0.2) is 54.6 Å². The second-order valence-electron chi connectivity index (χ2n) is 4.71. The molecule has 0 heterocycles. The largest absolute Gasteiger partial charge is 0.383 e. The standard InChI is InChI=1S/C17H18ClNO2/c1-21-12-11-19(13-14-5-3-2-4-6-14)17(20)15-7-9-16(18)10-8-15/h2-10H,11-13H2,1H3. The van der Waals surface area contributed by atoms with Gasteiger partial charge in [-0.2, -0.15) is 0 Å². The van der Waals surface area contributed by atoms with E-state index in [1.54, 1.807) is 36.3 Å². The maximum atomic E-state index is 12.6. The summed E-state index contributed by atoms with van der Waals surface area (Å²) in [6.07, 6.45) is 0. The Bertz CT molecular complexity index is 569. The first-order valence-corrected chi connectivity index (χ1v) is 7.16. The third-order valence-electron chi connectivity index (χ3n) is 3.16. The number of carbonyl (C=O) groups excluding carboxylic acids is 1. The van der Waals surface area contributed by atoms with E-state index < -0.39 is 0 Å². The fourth-order valence-electron chi connectivity index (χ4n) is 2.03. The van der Waals surface area contributed by atoms with E-state index in [1.807, 2.05) is 30.3 Å². The summed E-state index contributed by atoms with van der Waals surface area (Å²) in [5, 5.41) is 0.623. The van der Waals surface area contributed by atoms with E-state index in [9.17, 15) is 4.79 Å². The molecule has 2 aromatic rings. The second-order valence-corrected chi connectivity index (χ2v) is 5.15. The topological polar surface area (TPSA) is 29.5 Å².